The molecule has 0 heterocycles. The first-order valence-corrected chi connectivity index (χ1v) is 30.0. The van der Waals surface area contributed by atoms with Crippen LogP contribution in [0.2, 0.25) is 0 Å². The quantitative estimate of drug-likeness (QED) is 0.0195. The highest BCUT2D eigenvalue weighted by Gasteiger charge is 2.21. The van der Waals surface area contributed by atoms with Gasteiger partial charge in [-0.1, -0.05) is 222 Å². The maximum atomic E-state index is 12.8. The third-order valence-electron chi connectivity index (χ3n) is 12.3. The molecule has 2 unspecified atom stereocenters. The Bertz CT molecular complexity index is 1350. The van der Waals surface area contributed by atoms with E-state index in [0.717, 1.165) is 83.5 Å². The number of quaternary nitrogens is 1. The highest BCUT2D eigenvalue weighted by molar-refractivity contribution is 7.45. The van der Waals surface area contributed by atoms with Crippen molar-refractivity contribution >= 4 is 19.8 Å². The van der Waals surface area contributed by atoms with Gasteiger partial charge in [-0.25, -0.2) is 0 Å². The van der Waals surface area contributed by atoms with Gasteiger partial charge < -0.3 is 27.9 Å². The number of phosphoric acid groups is 1. The molecule has 0 bridgehead atoms. The van der Waals surface area contributed by atoms with Crippen LogP contribution in [0.1, 0.15) is 251 Å². The van der Waals surface area contributed by atoms with Crippen LogP contribution in [0, 0.1) is 0 Å². The Labute approximate surface area is 426 Å². The molecule has 0 aromatic carbocycles. The van der Waals surface area contributed by atoms with E-state index in [1.807, 2.05) is 21.1 Å². The number of esters is 2. The number of phosphoric ester groups is 1. The number of unbranched alkanes of at least 4 members (excludes halogenated alkanes) is 28. The zero-order chi connectivity index (χ0) is 50.6. The summed E-state index contributed by atoms with van der Waals surface area (Å²) in [5, 5.41) is 0. The number of hydrogen-bond donors (Lipinski definition) is 0. The number of ether oxygens (including phenoxy) is 2. The van der Waals surface area contributed by atoms with Crippen molar-refractivity contribution < 1.29 is 42.1 Å². The van der Waals surface area contributed by atoms with Crippen LogP contribution in [-0.2, 0) is 32.7 Å². The molecule has 0 spiro atoms. The van der Waals surface area contributed by atoms with Gasteiger partial charge in [-0.15, -0.1) is 0 Å². The van der Waals surface area contributed by atoms with Gasteiger partial charge in [0.1, 0.15) is 19.8 Å². The standard InChI is InChI=1S/C59H108NO8P/c1-6-8-10-12-14-16-18-20-21-22-23-24-25-26-27-28-29-30-31-32-33-34-35-36-37-38-39-40-42-44-46-48-50-52-59(62)68-57(56-67-69(63,64)66-54-53-60(3,4)5)55-65-58(61)51-49-47-45-43-41-19-17-15-13-11-9-7-2/h8,10,14-17,20-21,23-24,57H,6-7,9,11-13,18-19,22,25-56H2,1-5H3/b10-8-,16-14-,17-15-,21-20-,24-23-. The molecule has 0 aromatic rings. The van der Waals surface area contributed by atoms with Gasteiger partial charge in [0.05, 0.1) is 27.7 Å². The zero-order valence-corrected chi connectivity index (χ0v) is 46.4. The topological polar surface area (TPSA) is 111 Å². The molecular formula is C59H108NO8P. The molecule has 0 radical (unpaired) electrons. The molecule has 0 fully saturated rings. The van der Waals surface area contributed by atoms with Crippen LogP contribution < -0.4 is 4.89 Å². The van der Waals surface area contributed by atoms with E-state index in [9.17, 15) is 19.0 Å². The number of rotatable bonds is 52. The van der Waals surface area contributed by atoms with E-state index >= 15 is 0 Å². The molecule has 0 aliphatic heterocycles. The summed E-state index contributed by atoms with van der Waals surface area (Å²) in [7, 11) is 1.17. The van der Waals surface area contributed by atoms with Gasteiger partial charge in [-0.2, -0.15) is 0 Å². The highest BCUT2D eigenvalue weighted by atomic mass is 31.2. The van der Waals surface area contributed by atoms with Gasteiger partial charge in [0, 0.05) is 12.8 Å². The predicted molar refractivity (Wildman–Crippen MR) is 291 cm³/mol. The fraction of sp³-hybridized carbons (Fsp3) is 0.797. The molecular weight excluding hydrogens is 882 g/mol. The molecule has 0 aliphatic rings. The average Bonchev–Trinajstić information content (AvgIpc) is 3.31. The second-order valence-corrected chi connectivity index (χ2v) is 21.7. The summed E-state index contributed by atoms with van der Waals surface area (Å²) >= 11 is 0. The minimum Gasteiger partial charge on any atom is -0.756 e. The van der Waals surface area contributed by atoms with Crippen LogP contribution in [0.4, 0.5) is 0 Å². The van der Waals surface area contributed by atoms with Gasteiger partial charge in [-0.3, -0.25) is 14.2 Å². The third-order valence-corrected chi connectivity index (χ3v) is 13.2. The number of carbonyl (C=O) groups excluding carboxylic acids is 2. The van der Waals surface area contributed by atoms with Gasteiger partial charge in [0.2, 0.25) is 0 Å². The fourth-order valence-electron chi connectivity index (χ4n) is 7.88. The summed E-state index contributed by atoms with van der Waals surface area (Å²) in [5.41, 5.74) is 0. The van der Waals surface area contributed by atoms with Gasteiger partial charge in [-0.05, 0) is 77.0 Å². The molecule has 0 aromatic heterocycles. The Kier molecular flexibility index (Phi) is 49.0. The summed E-state index contributed by atoms with van der Waals surface area (Å²) in [6.45, 7) is 4.10. The molecule has 0 N–H and O–H groups in total. The minimum absolute atomic E-state index is 0.0317. The Morgan fingerprint density at radius 1 is 0.464 bits per heavy atom. The van der Waals surface area contributed by atoms with Crippen LogP contribution in [-0.4, -0.2) is 70.0 Å². The van der Waals surface area contributed by atoms with E-state index in [4.69, 9.17) is 18.5 Å². The molecule has 402 valence electrons. The number of nitrogens with zero attached hydrogens (tertiary/aromatic N) is 1. The van der Waals surface area contributed by atoms with Crippen molar-refractivity contribution in [3.8, 4) is 0 Å². The second kappa shape index (κ2) is 50.6. The van der Waals surface area contributed by atoms with Crippen LogP contribution in [0.5, 0.6) is 0 Å². The van der Waals surface area contributed by atoms with Crippen LogP contribution >= 0.6 is 7.82 Å². The molecule has 0 amide bonds. The molecule has 0 saturated carbocycles. The summed E-state index contributed by atoms with van der Waals surface area (Å²) in [6.07, 6.45) is 64.3. The number of carbonyl (C=O) groups is 2. The molecule has 9 nitrogen and oxygen atoms in total. The predicted octanol–water partition coefficient (Wildman–Crippen LogP) is 16.9. The highest BCUT2D eigenvalue weighted by Crippen LogP contribution is 2.38. The van der Waals surface area contributed by atoms with Crippen LogP contribution in [0.15, 0.2) is 60.8 Å². The van der Waals surface area contributed by atoms with Crippen molar-refractivity contribution in [2.75, 3.05) is 47.5 Å². The lowest BCUT2D eigenvalue weighted by Crippen LogP contribution is -2.37. The van der Waals surface area contributed by atoms with E-state index < -0.39 is 32.5 Å². The van der Waals surface area contributed by atoms with E-state index in [-0.39, 0.29) is 26.1 Å². The molecule has 0 rings (SSSR count). The summed E-state index contributed by atoms with van der Waals surface area (Å²) in [6, 6.07) is 0. The average molecular weight is 990 g/mol. The first-order chi connectivity index (χ1) is 33.5. The van der Waals surface area contributed by atoms with Crippen molar-refractivity contribution in [2.45, 2.75) is 258 Å². The maximum Gasteiger partial charge on any atom is 0.306 e. The Morgan fingerprint density at radius 3 is 1.25 bits per heavy atom. The first kappa shape index (κ1) is 66.7. The monoisotopic (exact) mass is 990 g/mol. The van der Waals surface area contributed by atoms with Gasteiger partial charge in [0.15, 0.2) is 6.10 Å². The minimum atomic E-state index is -4.63. The van der Waals surface area contributed by atoms with E-state index in [2.05, 4.69) is 74.6 Å². The molecule has 0 saturated heterocycles. The smallest absolute Gasteiger partial charge is 0.306 e. The van der Waals surface area contributed by atoms with Gasteiger partial charge in [0.25, 0.3) is 7.82 Å². The number of hydrogen-bond acceptors (Lipinski definition) is 8. The number of likely N-dealkylation sites (N-methyl/N-ethyl adjacent to an activating group) is 1. The zero-order valence-electron chi connectivity index (χ0n) is 45.5. The first-order valence-electron chi connectivity index (χ1n) is 28.5. The fourth-order valence-corrected chi connectivity index (χ4v) is 8.61. The molecule has 10 heteroatoms. The molecule has 69 heavy (non-hydrogen) atoms. The maximum absolute atomic E-state index is 12.8. The van der Waals surface area contributed by atoms with E-state index in [0.29, 0.717) is 17.4 Å². The largest absolute Gasteiger partial charge is 0.756 e. The summed E-state index contributed by atoms with van der Waals surface area (Å²) in [4.78, 5) is 37.7. The molecule has 2 atom stereocenters. The van der Waals surface area contributed by atoms with Crippen molar-refractivity contribution in [1.82, 2.24) is 0 Å². The van der Waals surface area contributed by atoms with Crippen LogP contribution in [0.25, 0.3) is 0 Å². The third kappa shape index (κ3) is 54.9. The Balaban J connectivity index is 3.99. The SMILES string of the molecule is CC/C=C\C/C=C\C/C=C\C/C=C\CCCCCCCCCCCCCCCCCCCCCCC(=O)OC(COC(=O)CCCCCCC/C=C\CCCCC)COP(=O)([O-])OCC[N+](C)(C)C. The van der Waals surface area contributed by atoms with Crippen molar-refractivity contribution in [3.63, 3.8) is 0 Å². The van der Waals surface area contributed by atoms with Crippen molar-refractivity contribution in [3.05, 3.63) is 60.8 Å². The lowest BCUT2D eigenvalue weighted by atomic mass is 10.0. The van der Waals surface area contributed by atoms with E-state index in [1.165, 1.54) is 135 Å². The second-order valence-electron chi connectivity index (χ2n) is 20.3. The van der Waals surface area contributed by atoms with E-state index in [1.54, 1.807) is 0 Å². The number of allylic oxidation sites excluding steroid dienone is 10. The normalized spacial score (nSPS) is 13.8. The molecule has 0 aliphatic carbocycles. The van der Waals surface area contributed by atoms with Gasteiger partial charge >= 0.3 is 11.9 Å². The Morgan fingerprint density at radius 2 is 0.826 bits per heavy atom. The summed E-state index contributed by atoms with van der Waals surface area (Å²) < 4.78 is 34.1. The van der Waals surface area contributed by atoms with Crippen molar-refractivity contribution in [2.24, 2.45) is 0 Å². The lowest BCUT2D eigenvalue weighted by molar-refractivity contribution is -0.870. The summed E-state index contributed by atoms with van der Waals surface area (Å²) in [5.74, 6) is -0.837. The lowest BCUT2D eigenvalue weighted by Gasteiger charge is -2.28. The van der Waals surface area contributed by atoms with Crippen LogP contribution in [0.3, 0.4) is 0 Å². The van der Waals surface area contributed by atoms with Crippen molar-refractivity contribution in [1.29, 1.82) is 0 Å². The Hall–Kier alpha value is -2.29.